The molecule has 0 amide bonds. The number of nitriles is 1. The number of hydrogen-bond acceptors (Lipinski definition) is 3. The van der Waals surface area contributed by atoms with E-state index in [1.807, 2.05) is 34.9 Å². The maximum Gasteiger partial charge on any atom is 0.337 e. The molecule has 0 bridgehead atoms. The second-order valence-electron chi connectivity index (χ2n) is 4.54. The molecule has 0 atom stereocenters. The molecule has 1 N–H and O–H groups in total. The third-order valence-electron chi connectivity index (χ3n) is 3.12. The van der Waals surface area contributed by atoms with Crippen LogP contribution in [0.25, 0.3) is 0 Å². The van der Waals surface area contributed by atoms with Crippen molar-refractivity contribution in [3.63, 3.8) is 0 Å². The first-order chi connectivity index (χ1) is 10.2. The highest BCUT2D eigenvalue weighted by Gasteiger charge is 2.15. The molecule has 0 saturated carbocycles. The van der Waals surface area contributed by atoms with Crippen LogP contribution in [0.4, 0.5) is 0 Å². The molecule has 1 aromatic carbocycles. The van der Waals surface area contributed by atoms with Gasteiger partial charge in [-0.15, -0.1) is 0 Å². The van der Waals surface area contributed by atoms with E-state index in [0.717, 1.165) is 0 Å². The first-order valence-electron chi connectivity index (χ1n) is 6.68. The van der Waals surface area contributed by atoms with E-state index in [4.69, 9.17) is 10.00 Å². The summed E-state index contributed by atoms with van der Waals surface area (Å²) in [4.78, 5) is 11.3. The fourth-order valence-corrected chi connectivity index (χ4v) is 2.07. The Morgan fingerprint density at radius 2 is 2.05 bits per heavy atom. The van der Waals surface area contributed by atoms with Crippen LogP contribution in [0.1, 0.15) is 28.9 Å². The smallest absolute Gasteiger partial charge is 0.337 e. The summed E-state index contributed by atoms with van der Waals surface area (Å²) in [7, 11) is 0. The number of carboxylic acid groups (broad SMARTS) is 1. The zero-order valence-corrected chi connectivity index (χ0v) is 11.5. The van der Waals surface area contributed by atoms with Crippen LogP contribution < -0.4 is 4.74 Å². The van der Waals surface area contributed by atoms with Crippen molar-refractivity contribution in [3.8, 4) is 11.8 Å². The van der Waals surface area contributed by atoms with Crippen LogP contribution >= 0.6 is 0 Å². The van der Waals surface area contributed by atoms with Gasteiger partial charge in [0.1, 0.15) is 12.4 Å². The van der Waals surface area contributed by atoms with Crippen LogP contribution in [-0.4, -0.2) is 15.6 Å². The average molecular weight is 284 g/mol. The van der Waals surface area contributed by atoms with Gasteiger partial charge in [0.25, 0.3) is 0 Å². The van der Waals surface area contributed by atoms with Crippen LogP contribution in [0, 0.1) is 11.3 Å². The third kappa shape index (κ3) is 3.86. The van der Waals surface area contributed by atoms with Gasteiger partial charge in [0.15, 0.2) is 0 Å². The Kier molecular flexibility index (Phi) is 4.99. The van der Waals surface area contributed by atoms with Crippen LogP contribution in [0.15, 0.2) is 42.6 Å². The summed E-state index contributed by atoms with van der Waals surface area (Å²) in [6.07, 6.45) is 2.85. The van der Waals surface area contributed by atoms with Gasteiger partial charge in [-0.05, 0) is 24.6 Å². The molecule has 108 valence electrons. The molecule has 2 aromatic rings. The molecular weight excluding hydrogens is 268 g/mol. The number of aryl methyl sites for hydroxylation is 1. The van der Waals surface area contributed by atoms with Crippen LogP contribution in [0.2, 0.25) is 0 Å². The van der Waals surface area contributed by atoms with E-state index in [9.17, 15) is 9.90 Å². The number of para-hydroxylation sites is 1. The SMILES string of the molecule is N#CCCCn1ccc(C(=O)O)c1COc1ccccc1. The Bertz CT molecular complexity index is 641. The van der Waals surface area contributed by atoms with E-state index < -0.39 is 5.97 Å². The lowest BCUT2D eigenvalue weighted by molar-refractivity contribution is 0.0693. The van der Waals surface area contributed by atoms with Gasteiger partial charge in [0.2, 0.25) is 0 Å². The normalized spacial score (nSPS) is 10.0. The summed E-state index contributed by atoms with van der Waals surface area (Å²) in [5, 5.41) is 17.8. The van der Waals surface area contributed by atoms with Gasteiger partial charge in [0, 0.05) is 19.2 Å². The van der Waals surface area contributed by atoms with E-state index in [-0.39, 0.29) is 12.2 Å². The fraction of sp³-hybridized carbons (Fsp3) is 0.250. The molecule has 0 spiro atoms. The maximum absolute atomic E-state index is 11.3. The Balaban J connectivity index is 2.13. The van der Waals surface area contributed by atoms with Gasteiger partial charge < -0.3 is 14.4 Å². The summed E-state index contributed by atoms with van der Waals surface area (Å²) in [5.74, 6) is -0.278. The lowest BCUT2D eigenvalue weighted by atomic mass is 10.2. The Hall–Kier alpha value is -2.74. The monoisotopic (exact) mass is 284 g/mol. The first kappa shape index (κ1) is 14.7. The number of carbonyl (C=O) groups is 1. The number of aromatic carboxylic acids is 1. The topological polar surface area (TPSA) is 75.2 Å². The van der Waals surface area contributed by atoms with Crippen molar-refractivity contribution in [2.75, 3.05) is 0 Å². The van der Waals surface area contributed by atoms with Crippen molar-refractivity contribution >= 4 is 5.97 Å². The molecular formula is C16H16N2O3. The highest BCUT2D eigenvalue weighted by molar-refractivity contribution is 5.89. The molecule has 0 fully saturated rings. The van der Waals surface area contributed by atoms with E-state index in [0.29, 0.717) is 30.8 Å². The zero-order valence-electron chi connectivity index (χ0n) is 11.5. The van der Waals surface area contributed by atoms with E-state index in [2.05, 4.69) is 6.07 Å². The summed E-state index contributed by atoms with van der Waals surface area (Å²) < 4.78 is 7.48. The number of benzene rings is 1. The van der Waals surface area contributed by atoms with E-state index >= 15 is 0 Å². The van der Waals surface area contributed by atoms with Crippen molar-refractivity contribution in [1.82, 2.24) is 4.57 Å². The van der Waals surface area contributed by atoms with Gasteiger partial charge in [0.05, 0.1) is 17.3 Å². The third-order valence-corrected chi connectivity index (χ3v) is 3.12. The van der Waals surface area contributed by atoms with Gasteiger partial charge in [-0.2, -0.15) is 5.26 Å². The molecule has 0 aliphatic rings. The van der Waals surface area contributed by atoms with Gasteiger partial charge in [-0.1, -0.05) is 18.2 Å². The highest BCUT2D eigenvalue weighted by Crippen LogP contribution is 2.17. The molecule has 1 heterocycles. The minimum Gasteiger partial charge on any atom is -0.487 e. The quantitative estimate of drug-likeness (QED) is 0.793. The lowest BCUT2D eigenvalue weighted by Gasteiger charge is -2.11. The van der Waals surface area contributed by atoms with E-state index in [1.165, 1.54) is 0 Å². The molecule has 5 heteroatoms. The number of nitrogens with zero attached hydrogens (tertiary/aromatic N) is 2. The number of aromatic nitrogens is 1. The maximum atomic E-state index is 11.3. The Morgan fingerprint density at radius 3 is 2.71 bits per heavy atom. The predicted octanol–water partition coefficient (Wildman–Crippen LogP) is 3.07. The predicted molar refractivity (Wildman–Crippen MR) is 77.0 cm³/mol. The molecule has 0 aliphatic carbocycles. The van der Waals surface area contributed by atoms with Crippen molar-refractivity contribution < 1.29 is 14.6 Å². The number of carboxylic acids is 1. The number of rotatable bonds is 7. The zero-order chi connectivity index (χ0) is 15.1. The minimum atomic E-state index is -0.972. The molecule has 5 nitrogen and oxygen atoms in total. The standard InChI is InChI=1S/C16H16N2O3/c17-9-4-5-10-18-11-8-14(16(19)20)15(18)12-21-13-6-2-1-3-7-13/h1-3,6-8,11H,4-5,10,12H2,(H,19,20). The summed E-state index contributed by atoms with van der Waals surface area (Å²) >= 11 is 0. The molecule has 0 aliphatic heterocycles. The summed E-state index contributed by atoms with van der Waals surface area (Å²) in [5.41, 5.74) is 0.854. The van der Waals surface area contributed by atoms with Gasteiger partial charge in [-0.3, -0.25) is 0 Å². The average Bonchev–Trinajstić information content (AvgIpc) is 2.90. The van der Waals surface area contributed by atoms with Crippen LogP contribution in [0.5, 0.6) is 5.75 Å². The van der Waals surface area contributed by atoms with Crippen LogP contribution in [-0.2, 0) is 13.2 Å². The number of ether oxygens (including phenoxy) is 1. The molecule has 0 radical (unpaired) electrons. The van der Waals surface area contributed by atoms with Gasteiger partial charge in [-0.25, -0.2) is 4.79 Å². The largest absolute Gasteiger partial charge is 0.487 e. The number of unbranched alkanes of at least 4 members (excludes halogenated alkanes) is 1. The highest BCUT2D eigenvalue weighted by atomic mass is 16.5. The molecule has 2 rings (SSSR count). The minimum absolute atomic E-state index is 0.186. The van der Waals surface area contributed by atoms with Crippen molar-refractivity contribution in [2.45, 2.75) is 26.0 Å². The summed E-state index contributed by atoms with van der Waals surface area (Å²) in [6.45, 7) is 0.791. The second-order valence-corrected chi connectivity index (χ2v) is 4.54. The van der Waals surface area contributed by atoms with Gasteiger partial charge >= 0.3 is 5.97 Å². The van der Waals surface area contributed by atoms with Crippen molar-refractivity contribution in [1.29, 1.82) is 5.26 Å². The van der Waals surface area contributed by atoms with Crippen LogP contribution in [0.3, 0.4) is 0 Å². The molecule has 1 aromatic heterocycles. The molecule has 21 heavy (non-hydrogen) atoms. The summed E-state index contributed by atoms with van der Waals surface area (Å²) in [6, 6.07) is 12.9. The second kappa shape index (κ2) is 7.15. The van der Waals surface area contributed by atoms with Crippen molar-refractivity contribution in [2.24, 2.45) is 0 Å². The lowest BCUT2D eigenvalue weighted by Crippen LogP contribution is -2.10. The molecule has 0 saturated heterocycles. The fourth-order valence-electron chi connectivity index (χ4n) is 2.07. The Morgan fingerprint density at radius 1 is 1.29 bits per heavy atom. The van der Waals surface area contributed by atoms with Crippen molar-refractivity contribution in [3.05, 3.63) is 53.9 Å². The number of hydrogen-bond donors (Lipinski definition) is 1. The van der Waals surface area contributed by atoms with E-state index in [1.54, 1.807) is 12.3 Å². The Labute approximate surface area is 123 Å². The first-order valence-corrected chi connectivity index (χ1v) is 6.68. The molecule has 0 unspecified atom stereocenters.